The van der Waals surface area contributed by atoms with Gasteiger partial charge in [0.2, 0.25) is 0 Å². The van der Waals surface area contributed by atoms with Crippen molar-refractivity contribution in [2.24, 2.45) is 0 Å². The molecule has 4 aromatic rings. The normalized spacial score (nSPS) is 11.1. The van der Waals surface area contributed by atoms with Crippen LogP contribution in [0.15, 0.2) is 79.1 Å². The molecule has 1 aromatic heterocycles. The van der Waals surface area contributed by atoms with Crippen LogP contribution in [0.4, 0.5) is 0 Å². The van der Waals surface area contributed by atoms with E-state index in [2.05, 4.69) is 15.9 Å². The Morgan fingerprint density at radius 3 is 2.62 bits per heavy atom. The van der Waals surface area contributed by atoms with Gasteiger partial charge in [-0.2, -0.15) is 0 Å². The number of fused-ring (bicyclic) bond motifs is 2. The van der Waals surface area contributed by atoms with Crippen molar-refractivity contribution in [3.8, 4) is 5.75 Å². The van der Waals surface area contributed by atoms with E-state index in [0.717, 1.165) is 21.0 Å². The minimum absolute atomic E-state index is 0.271. The fraction of sp³-hybridized carbons (Fsp3) is 0.100. The molecule has 1 heterocycles. The molecule has 0 radical (unpaired) electrons. The van der Waals surface area contributed by atoms with E-state index in [-0.39, 0.29) is 13.2 Å². The minimum Gasteiger partial charge on any atom is -0.492 e. The Bertz CT molecular complexity index is 1230. The second-order valence-corrected chi connectivity index (χ2v) is 6.74. The summed E-state index contributed by atoms with van der Waals surface area (Å²) in [6, 6.07) is 19.0. The van der Waals surface area contributed by atoms with E-state index in [4.69, 9.17) is 9.15 Å². The van der Waals surface area contributed by atoms with Crippen molar-refractivity contribution in [3.63, 3.8) is 0 Å². The lowest BCUT2D eigenvalue weighted by molar-refractivity contribution is 0.287. The number of hydrogen-bond donors (Lipinski definition) is 0. The van der Waals surface area contributed by atoms with Crippen molar-refractivity contribution < 1.29 is 9.15 Å². The van der Waals surface area contributed by atoms with E-state index in [1.165, 1.54) is 4.57 Å². The van der Waals surface area contributed by atoms with Crippen LogP contribution >= 0.6 is 15.9 Å². The van der Waals surface area contributed by atoms with Crippen molar-refractivity contribution >= 4 is 37.6 Å². The van der Waals surface area contributed by atoms with E-state index in [1.54, 1.807) is 18.2 Å². The summed E-state index contributed by atoms with van der Waals surface area (Å²) in [4.78, 5) is 24.0. The summed E-state index contributed by atoms with van der Waals surface area (Å²) >= 11 is 3.32. The van der Waals surface area contributed by atoms with Crippen LogP contribution < -0.4 is 16.1 Å². The third-order valence-electron chi connectivity index (χ3n) is 4.17. The van der Waals surface area contributed by atoms with Crippen LogP contribution in [0.25, 0.3) is 21.7 Å². The molecule has 3 aromatic carbocycles. The molecule has 0 aliphatic heterocycles. The molecule has 4 rings (SSSR count). The van der Waals surface area contributed by atoms with Crippen molar-refractivity contribution in [2.45, 2.75) is 6.54 Å². The lowest BCUT2D eigenvalue weighted by Gasteiger charge is -2.10. The molecule has 0 N–H and O–H groups in total. The number of benzene rings is 3. The summed E-state index contributed by atoms with van der Waals surface area (Å²) in [5.74, 6) is 0.0353. The van der Waals surface area contributed by atoms with E-state index in [9.17, 15) is 9.59 Å². The number of hydrogen-bond acceptors (Lipinski definition) is 4. The third kappa shape index (κ3) is 3.15. The van der Waals surface area contributed by atoms with Gasteiger partial charge in [-0.15, -0.1) is 0 Å². The Balaban J connectivity index is 1.59. The van der Waals surface area contributed by atoms with E-state index < -0.39 is 11.4 Å². The van der Waals surface area contributed by atoms with Gasteiger partial charge in [0.25, 0.3) is 0 Å². The summed E-state index contributed by atoms with van der Waals surface area (Å²) in [5, 5.41) is 2.57. The fourth-order valence-electron chi connectivity index (χ4n) is 2.92. The summed E-state index contributed by atoms with van der Waals surface area (Å²) in [6.07, 6.45) is 0. The van der Waals surface area contributed by atoms with E-state index in [1.807, 2.05) is 42.5 Å². The molecule has 0 amide bonds. The van der Waals surface area contributed by atoms with Gasteiger partial charge in [0, 0.05) is 4.47 Å². The first-order chi connectivity index (χ1) is 12.6. The first kappa shape index (κ1) is 16.6. The Morgan fingerprint density at radius 1 is 0.962 bits per heavy atom. The molecule has 0 saturated carbocycles. The summed E-state index contributed by atoms with van der Waals surface area (Å²) in [7, 11) is 0. The predicted molar refractivity (Wildman–Crippen MR) is 104 cm³/mol. The highest BCUT2D eigenvalue weighted by molar-refractivity contribution is 9.10. The molecule has 0 fully saturated rings. The summed E-state index contributed by atoms with van der Waals surface area (Å²) in [6.45, 7) is 0.546. The maximum atomic E-state index is 12.1. The van der Waals surface area contributed by atoms with Crippen molar-refractivity contribution in [1.29, 1.82) is 0 Å². The number of nitrogens with zero attached hydrogens (tertiary/aromatic N) is 1. The Labute approximate surface area is 156 Å². The minimum atomic E-state index is -0.688. The zero-order valence-corrected chi connectivity index (χ0v) is 15.2. The highest BCUT2D eigenvalue weighted by Gasteiger charge is 2.10. The van der Waals surface area contributed by atoms with Crippen molar-refractivity contribution in [2.75, 3.05) is 6.61 Å². The lowest BCUT2D eigenvalue weighted by atomic mass is 10.1. The molecule has 0 aliphatic rings. The Hall–Kier alpha value is -2.86. The van der Waals surface area contributed by atoms with Crippen LogP contribution in [0.5, 0.6) is 5.75 Å². The number of rotatable bonds is 4. The van der Waals surface area contributed by atoms with Gasteiger partial charge in [-0.25, -0.2) is 9.59 Å². The molecule has 0 saturated heterocycles. The zero-order valence-electron chi connectivity index (χ0n) is 13.6. The largest absolute Gasteiger partial charge is 0.492 e. The zero-order chi connectivity index (χ0) is 18.1. The molecule has 0 atom stereocenters. The highest BCUT2D eigenvalue weighted by atomic mass is 79.9. The maximum absolute atomic E-state index is 12.1. The van der Waals surface area contributed by atoms with Crippen LogP contribution in [0.1, 0.15) is 0 Å². The second kappa shape index (κ2) is 6.80. The molecular weight excluding hydrogens is 398 g/mol. The summed E-state index contributed by atoms with van der Waals surface area (Å²) in [5.41, 5.74) is -0.116. The van der Waals surface area contributed by atoms with Crippen LogP contribution in [-0.4, -0.2) is 11.2 Å². The van der Waals surface area contributed by atoms with Crippen molar-refractivity contribution in [1.82, 2.24) is 4.57 Å². The average Bonchev–Trinajstić information content (AvgIpc) is 2.64. The highest BCUT2D eigenvalue weighted by Crippen LogP contribution is 2.21. The predicted octanol–water partition coefficient (Wildman–Crippen LogP) is 3.95. The first-order valence-corrected chi connectivity index (χ1v) is 8.86. The van der Waals surface area contributed by atoms with Crippen LogP contribution in [-0.2, 0) is 6.54 Å². The molecule has 0 bridgehead atoms. The van der Waals surface area contributed by atoms with Gasteiger partial charge < -0.3 is 9.15 Å². The smallest absolute Gasteiger partial charge is 0.422 e. The molecule has 6 heteroatoms. The molecular formula is C20H14BrNO4. The van der Waals surface area contributed by atoms with E-state index >= 15 is 0 Å². The molecule has 0 spiro atoms. The van der Waals surface area contributed by atoms with Gasteiger partial charge in [-0.3, -0.25) is 4.57 Å². The van der Waals surface area contributed by atoms with Gasteiger partial charge in [-0.1, -0.05) is 46.3 Å². The van der Waals surface area contributed by atoms with Crippen LogP contribution in [0.2, 0.25) is 0 Å². The fourth-order valence-corrected chi connectivity index (χ4v) is 3.28. The topological polar surface area (TPSA) is 61.4 Å². The first-order valence-electron chi connectivity index (χ1n) is 8.07. The van der Waals surface area contributed by atoms with Gasteiger partial charge >= 0.3 is 11.4 Å². The standard InChI is InChI=1S/C20H14BrNO4/c21-15-6-8-18-17(12-15)19(23)26-20(24)22(18)9-10-25-16-7-5-13-3-1-2-4-14(13)11-16/h1-8,11-12H,9-10H2. The van der Waals surface area contributed by atoms with Gasteiger partial charge in [-0.05, 0) is 41.1 Å². The maximum Gasteiger partial charge on any atom is 0.422 e. The van der Waals surface area contributed by atoms with Gasteiger partial charge in [0.1, 0.15) is 12.4 Å². The molecule has 0 aliphatic carbocycles. The van der Waals surface area contributed by atoms with Gasteiger partial charge in [0.05, 0.1) is 17.4 Å². The molecule has 5 nitrogen and oxygen atoms in total. The number of aromatic nitrogens is 1. The summed E-state index contributed by atoms with van der Waals surface area (Å²) < 4.78 is 12.8. The molecule has 26 heavy (non-hydrogen) atoms. The third-order valence-corrected chi connectivity index (χ3v) is 4.67. The van der Waals surface area contributed by atoms with Gasteiger partial charge in [0.15, 0.2) is 0 Å². The number of halogens is 1. The quantitative estimate of drug-likeness (QED) is 0.509. The molecule has 130 valence electrons. The average molecular weight is 412 g/mol. The Kier molecular flexibility index (Phi) is 4.34. The van der Waals surface area contributed by atoms with Crippen LogP contribution in [0.3, 0.4) is 0 Å². The van der Waals surface area contributed by atoms with E-state index in [0.29, 0.717) is 10.9 Å². The van der Waals surface area contributed by atoms with Crippen molar-refractivity contribution in [3.05, 3.63) is 86.1 Å². The lowest BCUT2D eigenvalue weighted by Crippen LogP contribution is -2.27. The number of ether oxygens (including phenoxy) is 1. The Morgan fingerprint density at radius 2 is 1.77 bits per heavy atom. The SMILES string of the molecule is O=c1oc(=O)n(CCOc2ccc3ccccc3c2)c2ccc(Br)cc12. The molecule has 0 unspecified atom stereocenters. The van der Waals surface area contributed by atoms with Crippen LogP contribution in [0, 0.1) is 0 Å². The monoisotopic (exact) mass is 411 g/mol. The second-order valence-electron chi connectivity index (χ2n) is 5.83.